The Morgan fingerprint density at radius 1 is 1.23 bits per heavy atom. The van der Waals surface area contributed by atoms with E-state index in [-0.39, 0.29) is 12.1 Å². The molecule has 1 amide bonds. The van der Waals surface area contributed by atoms with Crippen LogP contribution >= 0.6 is 27.7 Å². The zero-order valence-corrected chi connectivity index (χ0v) is 16.8. The third-order valence-corrected chi connectivity index (χ3v) is 5.47. The number of nitrogens with one attached hydrogen (secondary N) is 1. The summed E-state index contributed by atoms with van der Waals surface area (Å²) < 4.78 is 0.901. The van der Waals surface area contributed by atoms with Crippen molar-refractivity contribution in [1.29, 1.82) is 0 Å². The van der Waals surface area contributed by atoms with Gasteiger partial charge in [-0.25, -0.2) is 5.01 Å². The number of hydrogen-bond acceptors (Lipinski definition) is 5. The number of nitrogens with zero attached hydrogens (tertiary/aromatic N) is 3. The molecule has 5 nitrogen and oxygen atoms in total. The van der Waals surface area contributed by atoms with Crippen LogP contribution in [0.2, 0.25) is 0 Å². The van der Waals surface area contributed by atoms with Crippen molar-refractivity contribution in [3.8, 4) is 0 Å². The lowest BCUT2D eigenvalue weighted by Gasteiger charge is -2.34. The maximum absolute atomic E-state index is 12.9. The zero-order valence-electron chi connectivity index (χ0n) is 14.4. The SMILES string of the molecule is CCSC1=NN2C(=c3cc(Br)ccc3=N[C@H]2c2ccc(C)cc2)C(=O)N1. The first-order chi connectivity index (χ1) is 12.6. The minimum Gasteiger partial charge on any atom is -0.298 e. The van der Waals surface area contributed by atoms with Crippen molar-refractivity contribution in [3.05, 3.63) is 68.6 Å². The van der Waals surface area contributed by atoms with Crippen LogP contribution in [0.3, 0.4) is 0 Å². The fourth-order valence-corrected chi connectivity index (χ4v) is 3.95. The number of carbonyl (C=O) groups is 1. The predicted octanol–water partition coefficient (Wildman–Crippen LogP) is 2.65. The average Bonchev–Trinajstić information content (AvgIpc) is 2.62. The van der Waals surface area contributed by atoms with E-state index in [0.717, 1.165) is 26.4 Å². The van der Waals surface area contributed by atoms with Gasteiger partial charge in [-0.1, -0.05) is 64.4 Å². The molecule has 0 saturated heterocycles. The highest BCUT2D eigenvalue weighted by molar-refractivity contribution is 9.10. The predicted molar refractivity (Wildman–Crippen MR) is 108 cm³/mol. The molecule has 0 bridgehead atoms. The topological polar surface area (TPSA) is 57.1 Å². The van der Waals surface area contributed by atoms with Gasteiger partial charge in [0, 0.05) is 9.69 Å². The molecular weight excluding hydrogens is 412 g/mol. The van der Waals surface area contributed by atoms with E-state index in [1.807, 2.05) is 37.3 Å². The van der Waals surface area contributed by atoms with Gasteiger partial charge in [-0.3, -0.25) is 15.1 Å². The van der Waals surface area contributed by atoms with Gasteiger partial charge in [-0.05, 0) is 36.4 Å². The first-order valence-corrected chi connectivity index (χ1v) is 10.1. The minimum absolute atomic E-state index is 0.151. The first kappa shape index (κ1) is 17.3. The number of carbonyl (C=O) groups excluding carboxylic acids is 1. The molecule has 7 heteroatoms. The summed E-state index contributed by atoms with van der Waals surface area (Å²) in [7, 11) is 0. The first-order valence-electron chi connectivity index (χ1n) is 8.33. The molecule has 4 rings (SSSR count). The Hall–Kier alpha value is -2.12. The number of thioether (sulfide) groups is 1. The molecule has 0 spiro atoms. The molecule has 1 atom stereocenters. The second-order valence-electron chi connectivity index (χ2n) is 6.06. The molecule has 2 heterocycles. The smallest absolute Gasteiger partial charge is 0.276 e. The number of hydrazone groups is 1. The molecule has 2 aromatic rings. The monoisotopic (exact) mass is 428 g/mol. The van der Waals surface area contributed by atoms with E-state index in [9.17, 15) is 4.79 Å². The van der Waals surface area contributed by atoms with Crippen molar-refractivity contribution < 1.29 is 4.79 Å². The molecule has 0 saturated carbocycles. The van der Waals surface area contributed by atoms with Crippen LogP contribution in [-0.4, -0.2) is 21.8 Å². The second-order valence-corrected chi connectivity index (χ2v) is 8.23. The standard InChI is InChI=1S/C19H17BrN4OS/c1-3-26-19-22-18(25)16-14-10-13(20)8-9-15(14)21-17(24(16)23-19)12-6-4-11(2)5-7-12/h4-10,17H,3H2,1-2H3,(H,22,23,25)/t17-/m1/s1. The van der Waals surface area contributed by atoms with Gasteiger partial charge in [0.25, 0.3) is 5.91 Å². The minimum atomic E-state index is -0.363. The van der Waals surface area contributed by atoms with Gasteiger partial charge in [-0.15, -0.1) is 5.10 Å². The molecule has 0 aromatic heterocycles. The fourth-order valence-electron chi connectivity index (χ4n) is 3.01. The molecule has 0 fully saturated rings. The van der Waals surface area contributed by atoms with Crippen molar-refractivity contribution in [2.24, 2.45) is 10.1 Å². The quantitative estimate of drug-likeness (QED) is 0.799. The van der Waals surface area contributed by atoms with Crippen LogP contribution in [0.1, 0.15) is 24.2 Å². The van der Waals surface area contributed by atoms with Crippen LogP contribution in [0.25, 0.3) is 5.70 Å². The summed E-state index contributed by atoms with van der Waals surface area (Å²) in [6.07, 6.45) is -0.363. The number of aryl methyl sites for hydroxylation is 1. The normalized spacial score (nSPS) is 18.5. The molecule has 26 heavy (non-hydrogen) atoms. The van der Waals surface area contributed by atoms with Crippen molar-refractivity contribution in [2.45, 2.75) is 20.0 Å². The zero-order chi connectivity index (χ0) is 18.3. The fraction of sp³-hybridized carbons (Fsp3) is 0.211. The number of benzene rings is 2. The molecule has 1 N–H and O–H groups in total. The van der Waals surface area contributed by atoms with E-state index in [2.05, 4.69) is 45.4 Å². The van der Waals surface area contributed by atoms with Crippen LogP contribution in [-0.2, 0) is 4.79 Å². The molecule has 2 aromatic carbocycles. The number of amidine groups is 1. The van der Waals surface area contributed by atoms with Crippen LogP contribution in [0.4, 0.5) is 0 Å². The van der Waals surface area contributed by atoms with Gasteiger partial charge >= 0.3 is 0 Å². The Bertz CT molecular complexity index is 1030. The molecular formula is C19H17BrN4OS. The van der Waals surface area contributed by atoms with Crippen molar-refractivity contribution in [2.75, 3.05) is 5.75 Å². The van der Waals surface area contributed by atoms with Gasteiger partial charge in [0.1, 0.15) is 5.70 Å². The van der Waals surface area contributed by atoms with E-state index in [1.54, 1.807) is 5.01 Å². The average molecular weight is 429 g/mol. The Morgan fingerprint density at radius 3 is 2.73 bits per heavy atom. The maximum Gasteiger partial charge on any atom is 0.276 e. The lowest BCUT2D eigenvalue weighted by molar-refractivity contribution is -0.116. The summed E-state index contributed by atoms with van der Waals surface area (Å²) in [6, 6.07) is 14.0. The Balaban J connectivity index is 1.96. The summed E-state index contributed by atoms with van der Waals surface area (Å²) in [6.45, 7) is 4.08. The highest BCUT2D eigenvalue weighted by atomic mass is 79.9. The van der Waals surface area contributed by atoms with Crippen LogP contribution in [0.15, 0.2) is 57.0 Å². The van der Waals surface area contributed by atoms with E-state index >= 15 is 0 Å². The van der Waals surface area contributed by atoms with Gasteiger partial charge in [0.15, 0.2) is 11.3 Å². The molecule has 2 aliphatic heterocycles. The number of rotatable bonds is 2. The van der Waals surface area contributed by atoms with Crippen LogP contribution in [0, 0.1) is 6.92 Å². The number of fused-ring (bicyclic) bond motifs is 2. The van der Waals surface area contributed by atoms with E-state index in [4.69, 9.17) is 4.99 Å². The highest BCUT2D eigenvalue weighted by Crippen LogP contribution is 2.30. The lowest BCUT2D eigenvalue weighted by Crippen LogP contribution is -2.50. The van der Waals surface area contributed by atoms with Gasteiger partial charge < -0.3 is 0 Å². The molecule has 2 aliphatic rings. The van der Waals surface area contributed by atoms with Crippen molar-refractivity contribution in [1.82, 2.24) is 10.3 Å². The Kier molecular flexibility index (Phi) is 4.58. The summed E-state index contributed by atoms with van der Waals surface area (Å²) >= 11 is 4.99. The lowest BCUT2D eigenvalue weighted by atomic mass is 10.1. The van der Waals surface area contributed by atoms with Crippen molar-refractivity contribution in [3.63, 3.8) is 0 Å². The van der Waals surface area contributed by atoms with E-state index in [0.29, 0.717) is 10.9 Å². The highest BCUT2D eigenvalue weighted by Gasteiger charge is 2.34. The molecule has 0 unspecified atom stereocenters. The third-order valence-electron chi connectivity index (χ3n) is 4.23. The Labute approximate surface area is 164 Å². The van der Waals surface area contributed by atoms with Gasteiger partial charge in [-0.2, -0.15) is 0 Å². The van der Waals surface area contributed by atoms with Crippen LogP contribution in [0.5, 0.6) is 0 Å². The van der Waals surface area contributed by atoms with Crippen molar-refractivity contribution >= 4 is 44.5 Å². The Morgan fingerprint density at radius 2 is 2.00 bits per heavy atom. The third kappa shape index (κ3) is 3.05. The number of amides is 1. The molecule has 132 valence electrons. The number of halogens is 1. The second kappa shape index (κ2) is 6.89. The van der Waals surface area contributed by atoms with Gasteiger partial charge in [0.05, 0.1) is 5.36 Å². The summed E-state index contributed by atoms with van der Waals surface area (Å²) in [5, 5.41) is 11.5. The summed E-state index contributed by atoms with van der Waals surface area (Å²) in [5.74, 6) is 0.679. The molecule has 0 radical (unpaired) electrons. The number of hydrogen-bond donors (Lipinski definition) is 1. The van der Waals surface area contributed by atoms with E-state index < -0.39 is 0 Å². The summed E-state index contributed by atoms with van der Waals surface area (Å²) in [5.41, 5.74) is 2.71. The van der Waals surface area contributed by atoms with Crippen LogP contribution < -0.4 is 15.9 Å². The van der Waals surface area contributed by atoms with Gasteiger partial charge in [0.2, 0.25) is 0 Å². The van der Waals surface area contributed by atoms with E-state index in [1.165, 1.54) is 17.3 Å². The summed E-state index contributed by atoms with van der Waals surface area (Å²) in [4.78, 5) is 17.8. The molecule has 0 aliphatic carbocycles. The maximum atomic E-state index is 12.9. The largest absolute Gasteiger partial charge is 0.298 e.